The highest BCUT2D eigenvalue weighted by molar-refractivity contribution is 5.19. The van der Waals surface area contributed by atoms with Gasteiger partial charge in [0.1, 0.15) is 0 Å². The Morgan fingerprint density at radius 1 is 1.31 bits per heavy atom. The molecule has 0 amide bonds. The van der Waals surface area contributed by atoms with E-state index in [0.717, 1.165) is 12.0 Å². The van der Waals surface area contributed by atoms with Gasteiger partial charge in [-0.25, -0.2) is 0 Å². The fraction of sp³-hybridized carbons (Fsp3) is 0.727. The van der Waals surface area contributed by atoms with Crippen LogP contribution in [0.5, 0.6) is 0 Å². The van der Waals surface area contributed by atoms with Crippen molar-refractivity contribution in [3.63, 3.8) is 0 Å². The molecule has 0 radical (unpaired) electrons. The van der Waals surface area contributed by atoms with Crippen LogP contribution in [-0.4, -0.2) is 9.78 Å². The maximum absolute atomic E-state index is 4.61. The Bertz CT molecular complexity index is 319. The predicted molar refractivity (Wildman–Crippen MR) is 51.8 cm³/mol. The summed E-state index contributed by atoms with van der Waals surface area (Å²) in [5.41, 5.74) is 2.72. The highest BCUT2D eigenvalue weighted by Crippen LogP contribution is 2.43. The summed E-state index contributed by atoms with van der Waals surface area (Å²) < 4.78 is 2.32. The van der Waals surface area contributed by atoms with Crippen molar-refractivity contribution in [1.82, 2.24) is 9.78 Å². The Balaban J connectivity index is 1.95. The van der Waals surface area contributed by atoms with Gasteiger partial charge in [0, 0.05) is 11.6 Å². The third-order valence-corrected chi connectivity index (χ3v) is 3.30. The first kappa shape index (κ1) is 7.60. The van der Waals surface area contributed by atoms with Crippen LogP contribution in [0.15, 0.2) is 6.07 Å². The molecule has 2 saturated carbocycles. The van der Waals surface area contributed by atoms with Crippen molar-refractivity contribution in [3.05, 3.63) is 17.5 Å². The van der Waals surface area contributed by atoms with Crippen LogP contribution in [0.25, 0.3) is 0 Å². The van der Waals surface area contributed by atoms with Gasteiger partial charge in [0.25, 0.3) is 0 Å². The fourth-order valence-corrected chi connectivity index (χ4v) is 2.14. The van der Waals surface area contributed by atoms with Crippen molar-refractivity contribution in [2.75, 3.05) is 0 Å². The van der Waals surface area contributed by atoms with Gasteiger partial charge in [-0.05, 0) is 45.1 Å². The van der Waals surface area contributed by atoms with E-state index in [1.165, 1.54) is 43.5 Å². The first-order valence-corrected chi connectivity index (χ1v) is 5.40. The van der Waals surface area contributed by atoms with E-state index in [1.54, 1.807) is 0 Å². The molecular weight excluding hydrogens is 160 g/mol. The Kier molecular flexibility index (Phi) is 1.52. The van der Waals surface area contributed by atoms with Crippen LogP contribution in [-0.2, 0) is 0 Å². The van der Waals surface area contributed by atoms with Gasteiger partial charge in [-0.15, -0.1) is 0 Å². The van der Waals surface area contributed by atoms with Crippen LogP contribution in [0, 0.1) is 6.92 Å². The van der Waals surface area contributed by atoms with E-state index >= 15 is 0 Å². The smallest absolute Gasteiger partial charge is 0.0596 e. The van der Waals surface area contributed by atoms with E-state index in [-0.39, 0.29) is 0 Å². The summed E-state index contributed by atoms with van der Waals surface area (Å²) >= 11 is 0. The van der Waals surface area contributed by atoms with Gasteiger partial charge in [-0.2, -0.15) is 5.10 Å². The molecule has 0 saturated heterocycles. The van der Waals surface area contributed by atoms with Gasteiger partial charge in [0.15, 0.2) is 0 Å². The molecule has 70 valence electrons. The van der Waals surface area contributed by atoms with Gasteiger partial charge in [0.05, 0.1) is 11.7 Å². The first-order chi connectivity index (χ1) is 6.34. The van der Waals surface area contributed by atoms with Crippen LogP contribution < -0.4 is 0 Å². The molecule has 2 aliphatic carbocycles. The molecule has 0 aliphatic heterocycles. The molecule has 0 aromatic carbocycles. The topological polar surface area (TPSA) is 17.8 Å². The number of rotatable bonds is 2. The standard InChI is InChI=1S/C11H16N2/c1-8-7-11(9-5-6-9)13(12-8)10-3-2-4-10/h7,9-10H,2-6H2,1H3. The zero-order valence-corrected chi connectivity index (χ0v) is 8.16. The summed E-state index contributed by atoms with van der Waals surface area (Å²) in [7, 11) is 0. The molecule has 2 heteroatoms. The third-order valence-electron chi connectivity index (χ3n) is 3.30. The number of aromatic nitrogens is 2. The third kappa shape index (κ3) is 1.19. The van der Waals surface area contributed by atoms with Gasteiger partial charge >= 0.3 is 0 Å². The Labute approximate surface area is 78.9 Å². The molecular formula is C11H16N2. The highest BCUT2D eigenvalue weighted by atomic mass is 15.3. The van der Waals surface area contributed by atoms with E-state index in [2.05, 4.69) is 22.8 Å². The lowest BCUT2D eigenvalue weighted by molar-refractivity contribution is 0.281. The molecule has 0 unspecified atom stereocenters. The molecule has 1 aromatic heterocycles. The van der Waals surface area contributed by atoms with Crippen LogP contribution in [0.1, 0.15) is 55.5 Å². The highest BCUT2D eigenvalue weighted by Gasteiger charge is 2.31. The van der Waals surface area contributed by atoms with Crippen LogP contribution >= 0.6 is 0 Å². The van der Waals surface area contributed by atoms with Crippen molar-refractivity contribution in [3.8, 4) is 0 Å². The monoisotopic (exact) mass is 176 g/mol. The Morgan fingerprint density at radius 3 is 2.62 bits per heavy atom. The molecule has 0 atom stereocenters. The Morgan fingerprint density at radius 2 is 2.08 bits per heavy atom. The van der Waals surface area contributed by atoms with E-state index in [4.69, 9.17) is 0 Å². The molecule has 1 heterocycles. The molecule has 0 N–H and O–H groups in total. The second-order valence-electron chi connectivity index (χ2n) is 4.51. The zero-order valence-electron chi connectivity index (χ0n) is 8.16. The summed E-state index contributed by atoms with van der Waals surface area (Å²) in [6.07, 6.45) is 6.87. The zero-order chi connectivity index (χ0) is 8.84. The number of nitrogens with zero attached hydrogens (tertiary/aromatic N) is 2. The average Bonchev–Trinajstić information content (AvgIpc) is 2.74. The molecule has 3 rings (SSSR count). The van der Waals surface area contributed by atoms with E-state index in [1.807, 2.05) is 0 Å². The second kappa shape index (κ2) is 2.60. The summed E-state index contributed by atoms with van der Waals surface area (Å²) in [6, 6.07) is 3.03. The fourth-order valence-electron chi connectivity index (χ4n) is 2.14. The van der Waals surface area contributed by atoms with Crippen molar-refractivity contribution in [1.29, 1.82) is 0 Å². The lowest BCUT2D eigenvalue weighted by Crippen LogP contribution is -2.20. The largest absolute Gasteiger partial charge is 0.266 e. The molecule has 13 heavy (non-hydrogen) atoms. The van der Waals surface area contributed by atoms with Gasteiger partial charge in [-0.1, -0.05) is 0 Å². The number of aryl methyl sites for hydroxylation is 1. The number of hydrogen-bond donors (Lipinski definition) is 0. The van der Waals surface area contributed by atoms with Crippen molar-refractivity contribution in [2.24, 2.45) is 0 Å². The summed E-state index contributed by atoms with van der Waals surface area (Å²) in [4.78, 5) is 0. The van der Waals surface area contributed by atoms with Crippen LogP contribution in [0.2, 0.25) is 0 Å². The summed E-state index contributed by atoms with van der Waals surface area (Å²) in [5, 5.41) is 4.61. The maximum atomic E-state index is 4.61. The van der Waals surface area contributed by atoms with Gasteiger partial charge < -0.3 is 0 Å². The lowest BCUT2D eigenvalue weighted by atomic mass is 9.93. The minimum Gasteiger partial charge on any atom is -0.266 e. The van der Waals surface area contributed by atoms with Crippen LogP contribution in [0.3, 0.4) is 0 Å². The SMILES string of the molecule is Cc1cc(C2CC2)n(C2CCC2)n1. The molecule has 0 bridgehead atoms. The van der Waals surface area contributed by atoms with Crippen molar-refractivity contribution in [2.45, 2.75) is 51.0 Å². The van der Waals surface area contributed by atoms with Gasteiger partial charge in [-0.3, -0.25) is 4.68 Å². The predicted octanol–water partition coefficient (Wildman–Crippen LogP) is 2.79. The van der Waals surface area contributed by atoms with Crippen molar-refractivity contribution >= 4 is 0 Å². The van der Waals surface area contributed by atoms with E-state index in [9.17, 15) is 0 Å². The quantitative estimate of drug-likeness (QED) is 0.677. The second-order valence-corrected chi connectivity index (χ2v) is 4.51. The maximum Gasteiger partial charge on any atom is 0.0596 e. The lowest BCUT2D eigenvalue weighted by Gasteiger charge is -2.27. The normalized spacial score (nSPS) is 23.2. The van der Waals surface area contributed by atoms with Gasteiger partial charge in [0.2, 0.25) is 0 Å². The first-order valence-electron chi connectivity index (χ1n) is 5.40. The molecule has 2 nitrogen and oxygen atoms in total. The van der Waals surface area contributed by atoms with Crippen molar-refractivity contribution < 1.29 is 0 Å². The summed E-state index contributed by atoms with van der Waals surface area (Å²) in [5.74, 6) is 0.849. The minimum absolute atomic E-state index is 0.740. The summed E-state index contributed by atoms with van der Waals surface area (Å²) in [6.45, 7) is 2.11. The molecule has 1 aromatic rings. The molecule has 0 spiro atoms. The van der Waals surface area contributed by atoms with Crippen LogP contribution in [0.4, 0.5) is 0 Å². The van der Waals surface area contributed by atoms with E-state index < -0.39 is 0 Å². The Hall–Kier alpha value is -0.790. The number of hydrogen-bond acceptors (Lipinski definition) is 1. The minimum atomic E-state index is 0.740. The van der Waals surface area contributed by atoms with E-state index in [0.29, 0.717) is 0 Å². The average molecular weight is 176 g/mol. The molecule has 2 aliphatic rings. The molecule has 2 fully saturated rings.